The molecule has 0 bridgehead atoms. The Morgan fingerprint density at radius 1 is 1.14 bits per heavy atom. The lowest BCUT2D eigenvalue weighted by molar-refractivity contribution is 0.319. The second kappa shape index (κ2) is 6.92. The zero-order valence-electron chi connectivity index (χ0n) is 12.8. The zero-order valence-corrected chi connectivity index (χ0v) is 12.8. The average molecular weight is 283 g/mol. The maximum absolute atomic E-state index is 3.71. The zero-order chi connectivity index (χ0) is 14.5. The molecule has 3 heteroatoms. The molecule has 1 fully saturated rings. The summed E-state index contributed by atoms with van der Waals surface area (Å²) in [6, 6.07) is 15.7. The van der Waals surface area contributed by atoms with Crippen molar-refractivity contribution in [1.29, 1.82) is 0 Å². The number of likely N-dealkylation sites (tertiary alicyclic amines) is 1. The number of aryl methyl sites for hydroxylation is 1. The number of nitrogens with one attached hydrogen (secondary N) is 1. The minimum Gasteiger partial charge on any atom is -0.351 e. The van der Waals surface area contributed by atoms with Crippen molar-refractivity contribution < 1.29 is 0 Å². The third-order valence-corrected chi connectivity index (χ3v) is 4.36. The van der Waals surface area contributed by atoms with Crippen LogP contribution in [0.5, 0.6) is 0 Å². The molecule has 1 aromatic carbocycles. The van der Waals surface area contributed by atoms with Gasteiger partial charge in [0.05, 0.1) is 0 Å². The van der Waals surface area contributed by atoms with E-state index in [2.05, 4.69) is 70.4 Å². The van der Waals surface area contributed by atoms with Crippen molar-refractivity contribution in [3.63, 3.8) is 0 Å². The standard InChI is InChI=1S/C18H25N3/c1-2-21-11-6-9-18(21)13-19-17-10-12-20(15-17)14-16-7-4-3-5-8-16/h3-9,11,17,19H,2,10,12-15H2,1H3. The number of benzene rings is 1. The van der Waals surface area contributed by atoms with Crippen LogP contribution in [0.2, 0.25) is 0 Å². The molecule has 0 amide bonds. The number of hydrogen-bond acceptors (Lipinski definition) is 2. The fourth-order valence-corrected chi connectivity index (χ4v) is 3.15. The SMILES string of the molecule is CCn1cccc1CNC1CCN(Cc2ccccc2)C1. The van der Waals surface area contributed by atoms with Crippen LogP contribution in [0.3, 0.4) is 0 Å². The summed E-state index contributed by atoms with van der Waals surface area (Å²) in [5.41, 5.74) is 2.80. The summed E-state index contributed by atoms with van der Waals surface area (Å²) in [5, 5.41) is 3.71. The normalized spacial score (nSPS) is 19.2. The molecule has 0 aliphatic carbocycles. The number of aromatic nitrogens is 1. The predicted octanol–water partition coefficient (Wildman–Crippen LogP) is 2.87. The first kappa shape index (κ1) is 14.4. The van der Waals surface area contributed by atoms with Gasteiger partial charge in [-0.2, -0.15) is 0 Å². The molecule has 1 aromatic heterocycles. The van der Waals surface area contributed by atoms with Gasteiger partial charge in [-0.05, 0) is 31.0 Å². The lowest BCUT2D eigenvalue weighted by Crippen LogP contribution is -2.32. The molecule has 3 nitrogen and oxygen atoms in total. The minimum absolute atomic E-state index is 0.619. The van der Waals surface area contributed by atoms with E-state index in [-0.39, 0.29) is 0 Å². The van der Waals surface area contributed by atoms with Crippen LogP contribution in [-0.2, 0) is 19.6 Å². The molecule has 0 saturated carbocycles. The van der Waals surface area contributed by atoms with E-state index < -0.39 is 0 Å². The number of nitrogens with zero attached hydrogens (tertiary/aromatic N) is 2. The fourth-order valence-electron chi connectivity index (χ4n) is 3.15. The second-order valence-corrected chi connectivity index (χ2v) is 5.87. The Morgan fingerprint density at radius 2 is 2.00 bits per heavy atom. The molecule has 0 radical (unpaired) electrons. The van der Waals surface area contributed by atoms with Gasteiger partial charge in [0.2, 0.25) is 0 Å². The van der Waals surface area contributed by atoms with E-state index in [4.69, 9.17) is 0 Å². The van der Waals surface area contributed by atoms with Crippen molar-refractivity contribution >= 4 is 0 Å². The molecule has 1 N–H and O–H groups in total. The van der Waals surface area contributed by atoms with Crippen LogP contribution < -0.4 is 5.32 Å². The molecular formula is C18H25N3. The van der Waals surface area contributed by atoms with Gasteiger partial charge in [-0.15, -0.1) is 0 Å². The van der Waals surface area contributed by atoms with Gasteiger partial charge in [-0.1, -0.05) is 30.3 Å². The average Bonchev–Trinajstić information content (AvgIpc) is 3.15. The topological polar surface area (TPSA) is 20.2 Å². The van der Waals surface area contributed by atoms with E-state index in [1.54, 1.807) is 0 Å². The molecule has 1 aliphatic rings. The van der Waals surface area contributed by atoms with Crippen molar-refractivity contribution in [3.8, 4) is 0 Å². The summed E-state index contributed by atoms with van der Waals surface area (Å²) in [5.74, 6) is 0. The highest BCUT2D eigenvalue weighted by molar-refractivity contribution is 5.14. The molecule has 2 aromatic rings. The maximum atomic E-state index is 3.71. The van der Waals surface area contributed by atoms with Crippen LogP contribution in [0.1, 0.15) is 24.6 Å². The monoisotopic (exact) mass is 283 g/mol. The Bertz CT molecular complexity index is 547. The summed E-state index contributed by atoms with van der Waals surface area (Å²) in [4.78, 5) is 2.55. The third-order valence-electron chi connectivity index (χ3n) is 4.36. The van der Waals surface area contributed by atoms with Gasteiger partial charge in [-0.3, -0.25) is 4.90 Å². The number of hydrogen-bond donors (Lipinski definition) is 1. The van der Waals surface area contributed by atoms with Gasteiger partial charge in [0.15, 0.2) is 0 Å². The molecule has 2 heterocycles. The van der Waals surface area contributed by atoms with Crippen LogP contribution in [0.25, 0.3) is 0 Å². The Morgan fingerprint density at radius 3 is 2.81 bits per heavy atom. The lowest BCUT2D eigenvalue weighted by atomic mass is 10.2. The van der Waals surface area contributed by atoms with Gasteiger partial charge >= 0.3 is 0 Å². The quantitative estimate of drug-likeness (QED) is 0.879. The molecule has 112 valence electrons. The third kappa shape index (κ3) is 3.74. The summed E-state index contributed by atoms with van der Waals surface area (Å²) in [7, 11) is 0. The molecule has 3 rings (SSSR count). The summed E-state index contributed by atoms with van der Waals surface area (Å²) >= 11 is 0. The molecule has 21 heavy (non-hydrogen) atoms. The highest BCUT2D eigenvalue weighted by atomic mass is 15.2. The largest absolute Gasteiger partial charge is 0.351 e. The van der Waals surface area contributed by atoms with Crippen molar-refractivity contribution in [3.05, 3.63) is 59.9 Å². The Balaban J connectivity index is 1.47. The van der Waals surface area contributed by atoms with Gasteiger partial charge in [0, 0.05) is 50.7 Å². The molecule has 0 spiro atoms. The van der Waals surface area contributed by atoms with E-state index in [0.717, 1.165) is 26.2 Å². The second-order valence-electron chi connectivity index (χ2n) is 5.87. The summed E-state index contributed by atoms with van der Waals surface area (Å²) in [6.45, 7) is 7.65. The predicted molar refractivity (Wildman–Crippen MR) is 87.1 cm³/mol. The van der Waals surface area contributed by atoms with Crippen LogP contribution in [0.15, 0.2) is 48.7 Å². The van der Waals surface area contributed by atoms with Gasteiger partial charge in [0.25, 0.3) is 0 Å². The van der Waals surface area contributed by atoms with Crippen molar-refractivity contribution in [2.45, 2.75) is 39.0 Å². The van der Waals surface area contributed by atoms with E-state index in [0.29, 0.717) is 6.04 Å². The minimum atomic E-state index is 0.619. The van der Waals surface area contributed by atoms with Crippen LogP contribution in [-0.4, -0.2) is 28.6 Å². The summed E-state index contributed by atoms with van der Waals surface area (Å²) in [6.07, 6.45) is 3.41. The Labute approximate surface area is 127 Å². The first-order valence-corrected chi connectivity index (χ1v) is 7.99. The number of rotatable bonds is 6. The molecule has 1 unspecified atom stereocenters. The van der Waals surface area contributed by atoms with E-state index in [9.17, 15) is 0 Å². The van der Waals surface area contributed by atoms with Crippen LogP contribution in [0, 0.1) is 0 Å². The smallest absolute Gasteiger partial charge is 0.0362 e. The van der Waals surface area contributed by atoms with Crippen molar-refractivity contribution in [2.24, 2.45) is 0 Å². The molecular weight excluding hydrogens is 258 g/mol. The highest BCUT2D eigenvalue weighted by Gasteiger charge is 2.21. The van der Waals surface area contributed by atoms with Crippen molar-refractivity contribution in [2.75, 3.05) is 13.1 Å². The molecule has 1 aliphatic heterocycles. The summed E-state index contributed by atoms with van der Waals surface area (Å²) < 4.78 is 2.31. The first-order chi connectivity index (χ1) is 10.3. The van der Waals surface area contributed by atoms with Crippen LogP contribution in [0.4, 0.5) is 0 Å². The maximum Gasteiger partial charge on any atom is 0.0362 e. The van der Waals surface area contributed by atoms with E-state index >= 15 is 0 Å². The Hall–Kier alpha value is -1.58. The first-order valence-electron chi connectivity index (χ1n) is 7.99. The van der Waals surface area contributed by atoms with Crippen molar-refractivity contribution in [1.82, 2.24) is 14.8 Å². The lowest BCUT2D eigenvalue weighted by Gasteiger charge is -2.17. The molecule has 1 saturated heterocycles. The Kier molecular flexibility index (Phi) is 4.73. The molecule has 1 atom stereocenters. The fraction of sp³-hybridized carbons (Fsp3) is 0.444. The van der Waals surface area contributed by atoms with E-state index in [1.807, 2.05) is 0 Å². The van der Waals surface area contributed by atoms with E-state index in [1.165, 1.54) is 24.2 Å². The van der Waals surface area contributed by atoms with Gasteiger partial charge in [-0.25, -0.2) is 0 Å². The van der Waals surface area contributed by atoms with Gasteiger partial charge in [0.1, 0.15) is 0 Å². The van der Waals surface area contributed by atoms with Gasteiger partial charge < -0.3 is 9.88 Å². The van der Waals surface area contributed by atoms with Crippen LogP contribution >= 0.6 is 0 Å². The highest BCUT2D eigenvalue weighted by Crippen LogP contribution is 2.14.